The number of esters is 2. The lowest BCUT2D eigenvalue weighted by atomic mass is 9.94. The number of hydrogen-bond donors (Lipinski definition) is 3. The average molecular weight is 475 g/mol. The highest BCUT2D eigenvalue weighted by atomic mass is 16.5. The Morgan fingerprint density at radius 2 is 1.79 bits per heavy atom. The van der Waals surface area contributed by atoms with Crippen molar-refractivity contribution in [1.82, 2.24) is 15.5 Å². The first-order valence-corrected chi connectivity index (χ1v) is 11.4. The van der Waals surface area contributed by atoms with Gasteiger partial charge in [-0.15, -0.1) is 0 Å². The van der Waals surface area contributed by atoms with Crippen LogP contribution in [-0.2, 0) is 19.1 Å². The van der Waals surface area contributed by atoms with E-state index < -0.39 is 24.0 Å². The van der Waals surface area contributed by atoms with E-state index in [-0.39, 0.29) is 31.7 Å². The van der Waals surface area contributed by atoms with Crippen molar-refractivity contribution in [2.45, 2.75) is 47.1 Å². The van der Waals surface area contributed by atoms with Crippen LogP contribution in [0.15, 0.2) is 35.5 Å². The normalized spacial score (nSPS) is 15.6. The van der Waals surface area contributed by atoms with Gasteiger partial charge in [0.15, 0.2) is 0 Å². The lowest BCUT2D eigenvalue weighted by Crippen LogP contribution is -2.48. The Hall–Kier alpha value is -3.56. The van der Waals surface area contributed by atoms with E-state index in [0.29, 0.717) is 29.1 Å². The van der Waals surface area contributed by atoms with Crippen LogP contribution in [0.3, 0.4) is 0 Å². The van der Waals surface area contributed by atoms with Gasteiger partial charge >= 0.3 is 24.0 Å². The molecule has 1 aromatic rings. The maximum Gasteiger partial charge on any atom is 0.338 e. The molecule has 3 N–H and O–H groups in total. The van der Waals surface area contributed by atoms with Crippen molar-refractivity contribution in [3.8, 4) is 0 Å². The second-order valence-electron chi connectivity index (χ2n) is 8.26. The van der Waals surface area contributed by atoms with Gasteiger partial charge in [0.1, 0.15) is 6.54 Å². The molecule has 1 aromatic carbocycles. The minimum atomic E-state index is -0.688. The SMILES string of the molecule is CCCN1C(=O)NC(c2ccc(NC(=O)NCC(=O)OCC)cc2)C(C(=O)OCC(C)C)=C1C. The first-order valence-electron chi connectivity index (χ1n) is 11.4. The summed E-state index contributed by atoms with van der Waals surface area (Å²) in [6, 6.07) is 5.19. The van der Waals surface area contributed by atoms with Gasteiger partial charge in [0.2, 0.25) is 0 Å². The minimum absolute atomic E-state index is 0.175. The first kappa shape index (κ1) is 26.7. The minimum Gasteiger partial charge on any atom is -0.465 e. The summed E-state index contributed by atoms with van der Waals surface area (Å²) in [5.41, 5.74) is 2.08. The molecule has 1 aliphatic heterocycles. The maximum absolute atomic E-state index is 13.0. The van der Waals surface area contributed by atoms with Gasteiger partial charge in [0.05, 0.1) is 24.8 Å². The molecule has 34 heavy (non-hydrogen) atoms. The summed E-state index contributed by atoms with van der Waals surface area (Å²) < 4.78 is 10.3. The number of hydrogen-bond acceptors (Lipinski definition) is 6. The Morgan fingerprint density at radius 1 is 1.12 bits per heavy atom. The number of benzene rings is 1. The van der Waals surface area contributed by atoms with Gasteiger partial charge < -0.3 is 25.4 Å². The van der Waals surface area contributed by atoms with Crippen molar-refractivity contribution in [3.05, 3.63) is 41.1 Å². The topological polar surface area (TPSA) is 126 Å². The molecular formula is C24H34N4O6. The standard InChI is InChI=1S/C24H34N4O6/c1-6-12-28-16(5)20(22(30)34-14-15(3)4)21(27-24(28)32)17-8-10-18(11-9-17)26-23(31)25-13-19(29)33-7-2/h8-11,15,21H,6-7,12-14H2,1-5H3,(H,27,32)(H2,25,26,31). The quantitative estimate of drug-likeness (QED) is 0.447. The number of ether oxygens (including phenoxy) is 2. The summed E-state index contributed by atoms with van der Waals surface area (Å²) >= 11 is 0. The summed E-state index contributed by atoms with van der Waals surface area (Å²) in [6.07, 6.45) is 0.738. The Morgan fingerprint density at radius 3 is 2.38 bits per heavy atom. The van der Waals surface area contributed by atoms with E-state index in [0.717, 1.165) is 6.42 Å². The third kappa shape index (κ3) is 7.23. The van der Waals surface area contributed by atoms with Crippen molar-refractivity contribution in [2.75, 3.05) is 31.6 Å². The van der Waals surface area contributed by atoms with Crippen LogP contribution in [0, 0.1) is 5.92 Å². The van der Waals surface area contributed by atoms with Crippen LogP contribution in [0.4, 0.5) is 15.3 Å². The first-order chi connectivity index (χ1) is 16.2. The van der Waals surface area contributed by atoms with E-state index in [1.807, 2.05) is 20.8 Å². The Kier molecular flexibility index (Phi) is 9.91. The lowest BCUT2D eigenvalue weighted by Gasteiger charge is -2.35. The summed E-state index contributed by atoms with van der Waals surface area (Å²) in [5, 5.41) is 7.93. The van der Waals surface area contributed by atoms with Crippen LogP contribution in [-0.4, -0.2) is 55.2 Å². The molecule has 4 amide bonds. The largest absolute Gasteiger partial charge is 0.465 e. The molecule has 2 rings (SSSR count). The Balaban J connectivity index is 2.20. The average Bonchev–Trinajstić information content (AvgIpc) is 2.79. The number of carbonyl (C=O) groups excluding carboxylic acids is 4. The van der Waals surface area contributed by atoms with E-state index in [2.05, 4.69) is 16.0 Å². The van der Waals surface area contributed by atoms with Crippen molar-refractivity contribution >= 4 is 29.7 Å². The van der Waals surface area contributed by atoms with Crippen LogP contribution in [0.2, 0.25) is 0 Å². The van der Waals surface area contributed by atoms with Crippen LogP contribution < -0.4 is 16.0 Å². The Bertz CT molecular complexity index is 926. The van der Waals surface area contributed by atoms with E-state index >= 15 is 0 Å². The zero-order chi connectivity index (χ0) is 25.3. The molecule has 1 atom stereocenters. The number of carbonyl (C=O) groups is 4. The molecule has 0 fully saturated rings. The van der Waals surface area contributed by atoms with Crippen molar-refractivity contribution in [2.24, 2.45) is 5.92 Å². The molecule has 0 aliphatic carbocycles. The van der Waals surface area contributed by atoms with Gasteiger partial charge in [-0.2, -0.15) is 0 Å². The predicted molar refractivity (Wildman–Crippen MR) is 127 cm³/mol. The van der Waals surface area contributed by atoms with Crippen LogP contribution in [0.5, 0.6) is 0 Å². The van der Waals surface area contributed by atoms with Gasteiger partial charge in [-0.25, -0.2) is 14.4 Å². The number of anilines is 1. The number of rotatable bonds is 10. The molecule has 0 radical (unpaired) electrons. The molecule has 1 unspecified atom stereocenters. The lowest BCUT2D eigenvalue weighted by molar-refractivity contribution is -0.142. The predicted octanol–water partition coefficient (Wildman–Crippen LogP) is 3.32. The zero-order valence-corrected chi connectivity index (χ0v) is 20.4. The second-order valence-corrected chi connectivity index (χ2v) is 8.26. The van der Waals surface area contributed by atoms with E-state index in [4.69, 9.17) is 9.47 Å². The molecule has 0 saturated carbocycles. The fourth-order valence-corrected chi connectivity index (χ4v) is 3.41. The molecular weight excluding hydrogens is 440 g/mol. The highest BCUT2D eigenvalue weighted by molar-refractivity contribution is 5.95. The van der Waals surface area contributed by atoms with E-state index in [1.165, 1.54) is 0 Å². The van der Waals surface area contributed by atoms with E-state index in [1.54, 1.807) is 43.0 Å². The fourth-order valence-electron chi connectivity index (χ4n) is 3.41. The van der Waals surface area contributed by atoms with Gasteiger partial charge in [-0.1, -0.05) is 32.9 Å². The third-order valence-corrected chi connectivity index (χ3v) is 5.01. The molecule has 0 saturated heterocycles. The summed E-state index contributed by atoms with van der Waals surface area (Å²) in [7, 11) is 0. The molecule has 10 nitrogen and oxygen atoms in total. The number of amides is 4. The van der Waals surface area contributed by atoms with Crippen LogP contribution in [0.1, 0.15) is 52.6 Å². The molecule has 1 aliphatic rings. The highest BCUT2D eigenvalue weighted by Gasteiger charge is 2.36. The molecule has 10 heteroatoms. The number of allylic oxidation sites excluding steroid dienone is 1. The van der Waals surface area contributed by atoms with Gasteiger partial charge in [-0.3, -0.25) is 9.69 Å². The maximum atomic E-state index is 13.0. The monoisotopic (exact) mass is 474 g/mol. The van der Waals surface area contributed by atoms with Crippen LogP contribution in [0.25, 0.3) is 0 Å². The molecule has 186 valence electrons. The number of urea groups is 2. The summed E-state index contributed by atoms with van der Waals surface area (Å²) in [6.45, 7) is 10.0. The second kappa shape index (κ2) is 12.6. The molecule has 0 aromatic heterocycles. The number of nitrogens with one attached hydrogen (secondary N) is 3. The smallest absolute Gasteiger partial charge is 0.338 e. The van der Waals surface area contributed by atoms with Gasteiger partial charge in [0.25, 0.3) is 0 Å². The molecule has 0 bridgehead atoms. The Labute approximate surface area is 200 Å². The van der Waals surface area contributed by atoms with Gasteiger partial charge in [-0.05, 0) is 43.9 Å². The van der Waals surface area contributed by atoms with E-state index in [9.17, 15) is 19.2 Å². The summed E-state index contributed by atoms with van der Waals surface area (Å²) in [4.78, 5) is 50.6. The van der Waals surface area contributed by atoms with Gasteiger partial charge in [0, 0.05) is 17.9 Å². The van der Waals surface area contributed by atoms with Crippen molar-refractivity contribution < 1.29 is 28.7 Å². The zero-order valence-electron chi connectivity index (χ0n) is 20.4. The molecule has 0 spiro atoms. The van der Waals surface area contributed by atoms with Crippen molar-refractivity contribution in [3.63, 3.8) is 0 Å². The fraction of sp³-hybridized carbons (Fsp3) is 0.500. The van der Waals surface area contributed by atoms with Crippen molar-refractivity contribution in [1.29, 1.82) is 0 Å². The number of nitrogens with zero attached hydrogens (tertiary/aromatic N) is 1. The molecule has 1 heterocycles. The summed E-state index contributed by atoms with van der Waals surface area (Å²) in [5.74, 6) is -0.830. The highest BCUT2D eigenvalue weighted by Crippen LogP contribution is 2.32. The third-order valence-electron chi connectivity index (χ3n) is 5.01. The van der Waals surface area contributed by atoms with Crippen LogP contribution >= 0.6 is 0 Å².